The van der Waals surface area contributed by atoms with E-state index in [1.54, 1.807) is 5.92 Å². The van der Waals surface area contributed by atoms with Gasteiger partial charge in [0.1, 0.15) is 0 Å². The Labute approximate surface area is 109 Å². The van der Waals surface area contributed by atoms with Gasteiger partial charge < -0.3 is 10.8 Å². The van der Waals surface area contributed by atoms with Crippen molar-refractivity contribution in [2.24, 2.45) is 0 Å². The third-order valence-electron chi connectivity index (χ3n) is 2.86. The Hall–Kier alpha value is 1.06. The molecule has 75 valence electrons. The van der Waals surface area contributed by atoms with Gasteiger partial charge in [-0.05, 0) is 25.6 Å². The van der Waals surface area contributed by atoms with Crippen LogP contribution in [0.5, 0.6) is 0 Å². The first-order chi connectivity index (χ1) is 5.69. The van der Waals surface area contributed by atoms with Crippen LogP contribution < -0.4 is 0 Å². The molecule has 0 N–H and O–H groups in total. The van der Waals surface area contributed by atoms with E-state index in [1.807, 2.05) is 0 Å². The molecule has 0 aromatic carbocycles. The van der Waals surface area contributed by atoms with Crippen molar-refractivity contribution >= 4 is 0 Å². The molecular weight excluding hydrogens is 235 g/mol. The topological polar surface area (TPSA) is 3.24 Å². The van der Waals surface area contributed by atoms with Crippen LogP contribution in [0.1, 0.15) is 46.5 Å². The van der Waals surface area contributed by atoms with E-state index < -0.39 is 0 Å². The van der Waals surface area contributed by atoms with Gasteiger partial charge in [-0.2, -0.15) is 19.8 Å². The average Bonchev–Trinajstić information content (AvgIpc) is 2.05. The van der Waals surface area contributed by atoms with Crippen LogP contribution in [0.3, 0.4) is 0 Å². The molecule has 2 heterocycles. The van der Waals surface area contributed by atoms with Crippen molar-refractivity contribution in [1.82, 2.24) is 4.90 Å². The van der Waals surface area contributed by atoms with E-state index in [0.717, 1.165) is 12.1 Å². The maximum Gasteiger partial charge on any atom is 0 e. The average molecular weight is 257 g/mol. The summed E-state index contributed by atoms with van der Waals surface area (Å²) in [6.45, 7) is 6.55. The van der Waals surface area contributed by atoms with Crippen LogP contribution in [0.25, 0.3) is 0 Å². The van der Waals surface area contributed by atoms with Crippen molar-refractivity contribution in [2.45, 2.75) is 58.5 Å². The van der Waals surface area contributed by atoms with E-state index in [0.29, 0.717) is 0 Å². The fraction of sp³-hybridized carbons (Fsp3) is 0.909. The summed E-state index contributed by atoms with van der Waals surface area (Å²) < 4.78 is 0. The van der Waals surface area contributed by atoms with Crippen molar-refractivity contribution in [3.63, 3.8) is 0 Å². The number of hydrogen-bond acceptors (Lipinski definition) is 1. The van der Waals surface area contributed by atoms with Gasteiger partial charge in [-0.1, -0.05) is 20.3 Å². The van der Waals surface area contributed by atoms with Gasteiger partial charge in [0.2, 0.25) is 0 Å². The number of piperidine rings is 1. The van der Waals surface area contributed by atoms with E-state index in [9.17, 15) is 0 Å². The van der Waals surface area contributed by atoms with E-state index in [2.05, 4.69) is 32.7 Å². The van der Waals surface area contributed by atoms with Gasteiger partial charge in [-0.25, -0.2) is 0 Å². The van der Waals surface area contributed by atoms with Crippen molar-refractivity contribution in [3.8, 4) is 0 Å². The van der Waals surface area contributed by atoms with Crippen LogP contribution >= 0.6 is 0 Å². The second-order valence-corrected chi connectivity index (χ2v) is 4.28. The molecule has 2 unspecified atom stereocenters. The third kappa shape index (κ3) is 3.60. The minimum atomic E-state index is 0. The summed E-state index contributed by atoms with van der Waals surface area (Å²) in [5.41, 5.74) is 0. The summed E-state index contributed by atoms with van der Waals surface area (Å²) in [6, 6.07) is 1.84. The van der Waals surface area contributed by atoms with Crippen LogP contribution in [-0.4, -0.2) is 24.0 Å². The van der Waals surface area contributed by atoms with Gasteiger partial charge in [0.05, 0.1) is 0 Å². The Kier molecular flexibility index (Phi) is 7.06. The predicted octanol–water partition coefficient (Wildman–Crippen LogP) is 2.86. The van der Waals surface area contributed by atoms with E-state index in [1.165, 1.54) is 25.7 Å². The van der Waals surface area contributed by atoms with Gasteiger partial charge in [0, 0.05) is 32.7 Å². The number of rotatable bonds is 0. The van der Waals surface area contributed by atoms with E-state index >= 15 is 0 Å². The molecule has 1 saturated carbocycles. The van der Waals surface area contributed by atoms with Gasteiger partial charge in [0.25, 0.3) is 0 Å². The zero-order valence-electron chi connectivity index (χ0n) is 9.51. The van der Waals surface area contributed by atoms with Crippen LogP contribution in [-0.2, 0) is 32.7 Å². The SMILES string of the molecule is CCC.C[C-]1CC2CC(C1)N2C.[Y]. The molecule has 2 heteroatoms. The normalized spacial score (nSPS) is 32.3. The molecule has 1 nitrogen and oxygen atoms in total. The molecule has 13 heavy (non-hydrogen) atoms. The van der Waals surface area contributed by atoms with Crippen LogP contribution in [0.2, 0.25) is 0 Å². The predicted molar refractivity (Wildman–Crippen MR) is 54.1 cm³/mol. The molecule has 2 saturated heterocycles. The fourth-order valence-electron chi connectivity index (χ4n) is 2.15. The smallest absolute Gasteiger partial charge is 0 e. The minimum Gasteiger partial charge on any atom is -0.314 e. The first-order valence-electron chi connectivity index (χ1n) is 5.22. The quantitative estimate of drug-likeness (QED) is 0.603. The molecule has 0 amide bonds. The second-order valence-electron chi connectivity index (χ2n) is 4.28. The summed E-state index contributed by atoms with van der Waals surface area (Å²) in [5, 5.41) is 0. The van der Waals surface area contributed by atoms with Crippen LogP contribution in [0.4, 0.5) is 0 Å². The Morgan fingerprint density at radius 3 is 1.85 bits per heavy atom. The third-order valence-corrected chi connectivity index (χ3v) is 2.86. The first-order valence-corrected chi connectivity index (χ1v) is 5.22. The van der Waals surface area contributed by atoms with Crippen LogP contribution in [0, 0.1) is 5.92 Å². The molecule has 1 radical (unpaired) electrons. The van der Waals surface area contributed by atoms with Crippen molar-refractivity contribution in [1.29, 1.82) is 0 Å². The zero-order valence-corrected chi connectivity index (χ0v) is 12.3. The maximum absolute atomic E-state index is 2.52. The van der Waals surface area contributed by atoms with Crippen molar-refractivity contribution < 1.29 is 32.7 Å². The van der Waals surface area contributed by atoms with Crippen molar-refractivity contribution in [2.75, 3.05) is 7.05 Å². The summed E-state index contributed by atoms with van der Waals surface area (Å²) in [5.74, 6) is 1.72. The summed E-state index contributed by atoms with van der Waals surface area (Å²) in [7, 11) is 2.26. The second kappa shape index (κ2) is 6.53. The number of hydrogen-bond donors (Lipinski definition) is 0. The Morgan fingerprint density at radius 1 is 1.23 bits per heavy atom. The number of fused-ring (bicyclic) bond motifs is 2. The summed E-state index contributed by atoms with van der Waals surface area (Å²) in [4.78, 5) is 2.52. The molecule has 2 atom stereocenters. The molecular formula is C11H22NY-. The minimum absolute atomic E-state index is 0. The molecule has 3 rings (SSSR count). The monoisotopic (exact) mass is 257 g/mol. The molecule has 1 aliphatic carbocycles. The number of nitrogens with zero attached hydrogens (tertiary/aromatic N) is 1. The van der Waals surface area contributed by atoms with Gasteiger partial charge in [-0.15, -0.1) is 0 Å². The summed E-state index contributed by atoms with van der Waals surface area (Å²) in [6.07, 6.45) is 5.45. The molecule has 0 aromatic rings. The Morgan fingerprint density at radius 2 is 1.62 bits per heavy atom. The fourth-order valence-corrected chi connectivity index (χ4v) is 2.15. The van der Waals surface area contributed by atoms with Crippen LogP contribution in [0.15, 0.2) is 0 Å². The van der Waals surface area contributed by atoms with Gasteiger partial charge in [0.15, 0.2) is 0 Å². The summed E-state index contributed by atoms with van der Waals surface area (Å²) >= 11 is 0. The van der Waals surface area contributed by atoms with E-state index in [-0.39, 0.29) is 32.7 Å². The molecule has 2 bridgehead atoms. The molecule has 0 aromatic heterocycles. The largest absolute Gasteiger partial charge is 0.314 e. The molecule has 3 fully saturated rings. The molecule has 0 spiro atoms. The molecule has 3 aliphatic rings. The zero-order chi connectivity index (χ0) is 9.14. The Balaban J connectivity index is 0.000000324. The standard InChI is InChI=1S/C8H14N.C3H8.Y/c1-6-3-7-5-8(4-6)9(7)2;1-3-2;/h7-8H,3-5H2,1-2H3;3H2,1-2H3;/q-1;;. The van der Waals surface area contributed by atoms with Gasteiger partial charge >= 0.3 is 0 Å². The maximum atomic E-state index is 2.52. The van der Waals surface area contributed by atoms with E-state index in [4.69, 9.17) is 0 Å². The molecule has 2 aliphatic heterocycles. The first kappa shape index (κ1) is 14.1. The Bertz CT molecular complexity index is 126. The van der Waals surface area contributed by atoms with Gasteiger partial charge in [-0.3, -0.25) is 0 Å². The van der Waals surface area contributed by atoms with Crippen molar-refractivity contribution in [3.05, 3.63) is 5.92 Å².